The Hall–Kier alpha value is -1.49. The summed E-state index contributed by atoms with van der Waals surface area (Å²) in [6.07, 6.45) is 0.123. The Morgan fingerprint density at radius 2 is 1.72 bits per heavy atom. The summed E-state index contributed by atoms with van der Waals surface area (Å²) in [6.45, 7) is 0. The van der Waals surface area contributed by atoms with Crippen molar-refractivity contribution < 1.29 is 57.2 Å². The molecule has 0 aliphatic heterocycles. The molecule has 2 aliphatic rings. The Morgan fingerprint density at radius 3 is 2.24 bits per heavy atom. The third kappa shape index (κ3) is 7.95. The van der Waals surface area contributed by atoms with E-state index in [1.807, 2.05) is 0 Å². The van der Waals surface area contributed by atoms with Gasteiger partial charge in [-0.2, -0.15) is 0 Å². The van der Waals surface area contributed by atoms with Gasteiger partial charge in [-0.3, -0.25) is 9.59 Å². The molecule has 0 aromatic carbocycles. The fourth-order valence-electron chi connectivity index (χ4n) is 1.83. The molecule has 5 N–H and O–H groups in total. The van der Waals surface area contributed by atoms with E-state index in [0.717, 1.165) is 5.56 Å². The smallest absolute Gasteiger partial charge is 0.744 e. The van der Waals surface area contributed by atoms with E-state index in [0.29, 0.717) is 5.56 Å². The molecule has 2 rings (SSSR count). The van der Waals surface area contributed by atoms with E-state index in [4.69, 9.17) is 16.6 Å². The number of hydrogen-bond acceptors (Lipinski definition) is 6. The van der Waals surface area contributed by atoms with Gasteiger partial charge in [0.15, 0.2) is 0 Å². The number of nitrogens with two attached hydrogens (primary N) is 2. The molecule has 130 valence electrons. The summed E-state index contributed by atoms with van der Waals surface area (Å²) in [5.74, 6) is -1.64. The van der Waals surface area contributed by atoms with Crippen molar-refractivity contribution in [1.82, 2.24) is 0 Å². The molecule has 0 saturated carbocycles. The molecule has 1 amide bonds. The third-order valence-electron chi connectivity index (χ3n) is 3.04. The van der Waals surface area contributed by atoms with Gasteiger partial charge in [0, 0.05) is 6.42 Å². The van der Waals surface area contributed by atoms with Crippen molar-refractivity contribution in [1.29, 1.82) is 0 Å². The first-order chi connectivity index (χ1) is 11.1. The van der Waals surface area contributed by atoms with E-state index >= 15 is 0 Å². The largest absolute Gasteiger partial charge is 1.00 e. The zero-order valence-corrected chi connectivity index (χ0v) is 16.4. The minimum absolute atomic E-state index is 0. The maximum atomic E-state index is 10.9. The van der Waals surface area contributed by atoms with E-state index in [-0.39, 0.29) is 47.3 Å². The maximum absolute atomic E-state index is 10.9. The van der Waals surface area contributed by atoms with Crippen LogP contribution in [-0.2, 0) is 19.7 Å². The molecule has 10 heteroatoms. The minimum Gasteiger partial charge on any atom is -0.744 e. The summed E-state index contributed by atoms with van der Waals surface area (Å²) in [6, 6.07) is 10.7. The second-order valence-corrected chi connectivity index (χ2v) is 6.23. The van der Waals surface area contributed by atoms with E-state index < -0.39 is 28.0 Å². The number of carboxylic acid groups (broad SMARTS) is 1. The standard InChI is InChI=1S/C10H8O3S.C5H10N2O3.Na/c11-14(12,13)10-7-6-8-4-2-1-3-5-9(8)10;6-3(5(9)10)1-2-4(7)8;/h1-7H,(H,11,12,13);3H,1-2,6H2,(H2,7,8)(H,9,10);/q;;+1/p-1. The van der Waals surface area contributed by atoms with E-state index in [2.05, 4.69) is 0 Å². The number of carbonyl (C=O) groups is 2. The van der Waals surface area contributed by atoms with Gasteiger partial charge in [0.2, 0.25) is 5.91 Å². The molecule has 0 bridgehead atoms. The summed E-state index contributed by atoms with van der Waals surface area (Å²) < 4.78 is 32.6. The molecule has 0 aromatic rings. The van der Waals surface area contributed by atoms with E-state index in [9.17, 15) is 22.6 Å². The normalized spacial score (nSPS) is 11.6. The van der Waals surface area contributed by atoms with Gasteiger partial charge in [0.05, 0.1) is 4.90 Å². The van der Waals surface area contributed by atoms with Gasteiger partial charge in [-0.05, 0) is 23.6 Å². The second-order valence-electron chi connectivity index (χ2n) is 4.88. The Bertz CT molecular complexity index is 796. The monoisotopic (exact) mass is 376 g/mol. The molecule has 2 aliphatic carbocycles. The van der Waals surface area contributed by atoms with Crippen molar-refractivity contribution in [3.63, 3.8) is 0 Å². The van der Waals surface area contributed by atoms with Crippen molar-refractivity contribution in [3.05, 3.63) is 42.5 Å². The molecule has 25 heavy (non-hydrogen) atoms. The molecule has 0 spiro atoms. The molecule has 0 radical (unpaired) electrons. The zero-order valence-electron chi connectivity index (χ0n) is 13.6. The summed E-state index contributed by atoms with van der Waals surface area (Å²) in [5, 5.41) is 8.22. The van der Waals surface area contributed by atoms with Crippen LogP contribution < -0.4 is 41.0 Å². The van der Waals surface area contributed by atoms with Gasteiger partial charge < -0.3 is 21.1 Å². The third-order valence-corrected chi connectivity index (χ3v) is 3.93. The first-order valence-electron chi connectivity index (χ1n) is 6.83. The summed E-state index contributed by atoms with van der Waals surface area (Å²) in [7, 11) is -4.37. The molecule has 1 unspecified atom stereocenters. The molecular weight excluding hydrogens is 359 g/mol. The fraction of sp³-hybridized carbons (Fsp3) is 0.200. The van der Waals surface area contributed by atoms with E-state index in [1.165, 1.54) is 6.07 Å². The maximum Gasteiger partial charge on any atom is 1.00 e. The molecular formula is C15H17N2NaO6S. The van der Waals surface area contributed by atoms with Crippen molar-refractivity contribution >= 4 is 22.0 Å². The van der Waals surface area contributed by atoms with Crippen LogP contribution in [0.15, 0.2) is 47.4 Å². The van der Waals surface area contributed by atoms with Crippen molar-refractivity contribution in [2.45, 2.75) is 23.8 Å². The van der Waals surface area contributed by atoms with Gasteiger partial charge in [-0.15, -0.1) is 0 Å². The first kappa shape index (κ1) is 23.5. The van der Waals surface area contributed by atoms with Crippen molar-refractivity contribution in [2.75, 3.05) is 0 Å². The molecule has 0 heterocycles. The summed E-state index contributed by atoms with van der Waals surface area (Å²) in [5.41, 5.74) is 11.0. The zero-order chi connectivity index (χ0) is 18.3. The molecule has 0 aromatic heterocycles. The number of amides is 1. The van der Waals surface area contributed by atoms with Crippen LogP contribution in [-0.4, -0.2) is 36.0 Å². The van der Waals surface area contributed by atoms with E-state index in [1.54, 1.807) is 36.4 Å². The van der Waals surface area contributed by atoms with Crippen LogP contribution in [0.2, 0.25) is 0 Å². The fourth-order valence-corrected chi connectivity index (χ4v) is 2.52. The average molecular weight is 376 g/mol. The number of primary amides is 1. The first-order valence-corrected chi connectivity index (χ1v) is 8.24. The van der Waals surface area contributed by atoms with Crippen LogP contribution in [0.4, 0.5) is 0 Å². The Labute approximate surface area is 167 Å². The number of carbonyl (C=O) groups excluding carboxylic acids is 1. The van der Waals surface area contributed by atoms with Gasteiger partial charge >= 0.3 is 35.5 Å². The summed E-state index contributed by atoms with van der Waals surface area (Å²) in [4.78, 5) is 20.0. The van der Waals surface area contributed by atoms with Crippen LogP contribution in [0.5, 0.6) is 0 Å². The topological polar surface area (TPSA) is 164 Å². The number of aliphatic carboxylic acids is 1. The quantitative estimate of drug-likeness (QED) is 0.379. The van der Waals surface area contributed by atoms with Gasteiger partial charge in [0.25, 0.3) is 0 Å². The predicted molar refractivity (Wildman–Crippen MR) is 85.1 cm³/mol. The van der Waals surface area contributed by atoms with Crippen LogP contribution in [0.25, 0.3) is 11.1 Å². The summed E-state index contributed by atoms with van der Waals surface area (Å²) >= 11 is 0. The Balaban J connectivity index is 0.000000471. The number of rotatable bonds is 5. The van der Waals surface area contributed by atoms with Crippen LogP contribution in [0, 0.1) is 0 Å². The number of carboxylic acids is 1. The number of fused-ring (bicyclic) bond motifs is 1. The molecule has 0 saturated heterocycles. The number of hydrogen-bond donors (Lipinski definition) is 3. The Morgan fingerprint density at radius 1 is 1.12 bits per heavy atom. The molecule has 1 atom stereocenters. The second kappa shape index (κ2) is 10.5. The van der Waals surface area contributed by atoms with Crippen molar-refractivity contribution in [3.8, 4) is 11.1 Å². The van der Waals surface area contributed by atoms with Gasteiger partial charge in [-0.1, -0.05) is 36.4 Å². The average Bonchev–Trinajstić information content (AvgIpc) is 2.75. The van der Waals surface area contributed by atoms with Crippen molar-refractivity contribution in [2.24, 2.45) is 11.5 Å². The molecule has 0 fully saturated rings. The Kier molecular flexibility index (Phi) is 9.86. The van der Waals surface area contributed by atoms with Crippen LogP contribution >= 0.6 is 0 Å². The van der Waals surface area contributed by atoms with Gasteiger partial charge in [0.1, 0.15) is 16.2 Å². The molecule has 8 nitrogen and oxygen atoms in total. The van der Waals surface area contributed by atoms with Gasteiger partial charge in [-0.25, -0.2) is 8.42 Å². The predicted octanol–water partition coefficient (Wildman–Crippen LogP) is -2.64. The minimum atomic E-state index is -4.37. The van der Waals surface area contributed by atoms with Crippen LogP contribution in [0.1, 0.15) is 12.8 Å². The van der Waals surface area contributed by atoms with Crippen LogP contribution in [0.3, 0.4) is 0 Å². The SMILES string of the molecule is NC(=O)CCC(N)C(=O)O.O=S(=O)([O-])c1ccc2cccccc1-2.[Na+].